The number of benzene rings is 2. The molecule has 1 heterocycles. The molecule has 0 saturated heterocycles. The van der Waals surface area contributed by atoms with Gasteiger partial charge in [-0.1, -0.05) is 25.5 Å². The van der Waals surface area contributed by atoms with Gasteiger partial charge in [-0.05, 0) is 42.8 Å². The Kier molecular flexibility index (Phi) is 5.46. The summed E-state index contributed by atoms with van der Waals surface area (Å²) in [5.74, 6) is -0.961. The van der Waals surface area contributed by atoms with E-state index in [1.165, 1.54) is 12.1 Å². The second-order valence-electron chi connectivity index (χ2n) is 6.06. The summed E-state index contributed by atoms with van der Waals surface area (Å²) in [5.41, 5.74) is 1.16. The molecule has 7 nitrogen and oxygen atoms in total. The first-order chi connectivity index (χ1) is 12.9. The molecule has 0 aromatic heterocycles. The topological polar surface area (TPSA) is 92.8 Å². The third kappa shape index (κ3) is 3.80. The number of hydrogen-bond donors (Lipinski definition) is 1. The van der Waals surface area contributed by atoms with Crippen molar-refractivity contribution in [3.05, 3.63) is 59.7 Å². The number of rotatable bonds is 7. The largest absolute Gasteiger partial charge is 0.462 e. The summed E-state index contributed by atoms with van der Waals surface area (Å²) in [4.78, 5) is 24.2. The lowest BCUT2D eigenvalue weighted by atomic mass is 10.2. The number of nitrogens with zero attached hydrogens (tertiary/aromatic N) is 1. The van der Waals surface area contributed by atoms with Gasteiger partial charge in [-0.2, -0.15) is 0 Å². The number of carbonyl (C=O) groups is 2. The molecule has 1 aliphatic heterocycles. The molecule has 0 radical (unpaired) electrons. The van der Waals surface area contributed by atoms with E-state index in [2.05, 4.69) is 5.32 Å². The van der Waals surface area contributed by atoms with Crippen molar-refractivity contribution in [1.29, 1.82) is 0 Å². The molecule has 0 aliphatic carbocycles. The zero-order valence-corrected chi connectivity index (χ0v) is 15.7. The summed E-state index contributed by atoms with van der Waals surface area (Å²) in [6.45, 7) is 2.19. The van der Waals surface area contributed by atoms with Crippen molar-refractivity contribution in [2.24, 2.45) is 0 Å². The van der Waals surface area contributed by atoms with E-state index in [1.54, 1.807) is 36.4 Å². The molecule has 142 valence electrons. The van der Waals surface area contributed by atoms with Crippen molar-refractivity contribution in [2.45, 2.75) is 24.7 Å². The van der Waals surface area contributed by atoms with Crippen LogP contribution in [0.1, 0.15) is 40.5 Å². The van der Waals surface area contributed by atoms with Crippen molar-refractivity contribution in [1.82, 2.24) is 4.31 Å². The molecule has 1 aliphatic rings. The molecular formula is C19H20N2O5S. The number of sulfonamides is 1. The second-order valence-corrected chi connectivity index (χ2v) is 7.89. The number of amides is 1. The highest BCUT2D eigenvalue weighted by atomic mass is 32.2. The average Bonchev–Trinajstić information content (AvgIpc) is 2.87. The molecule has 1 N–H and O–H groups in total. The fourth-order valence-corrected chi connectivity index (χ4v) is 4.14. The molecule has 3 rings (SSSR count). The van der Waals surface area contributed by atoms with E-state index in [-0.39, 0.29) is 17.1 Å². The van der Waals surface area contributed by atoms with Crippen molar-refractivity contribution >= 4 is 27.6 Å². The van der Waals surface area contributed by atoms with Crippen LogP contribution in [0.15, 0.2) is 53.4 Å². The van der Waals surface area contributed by atoms with Gasteiger partial charge in [-0.3, -0.25) is 4.79 Å². The number of anilines is 1. The Bertz CT molecular complexity index is 954. The molecule has 0 saturated carbocycles. The molecule has 0 bridgehead atoms. The minimum absolute atomic E-state index is 0.0157. The predicted octanol–water partition coefficient (Wildman–Crippen LogP) is 2.86. The van der Waals surface area contributed by atoms with E-state index in [0.717, 1.165) is 17.1 Å². The first-order valence-corrected chi connectivity index (χ1v) is 10.1. The molecule has 2 aromatic rings. The molecule has 27 heavy (non-hydrogen) atoms. The van der Waals surface area contributed by atoms with Gasteiger partial charge < -0.3 is 10.1 Å². The number of esters is 1. The van der Waals surface area contributed by atoms with Crippen molar-refractivity contribution in [3.8, 4) is 0 Å². The lowest BCUT2D eigenvalue weighted by Crippen LogP contribution is -2.34. The van der Waals surface area contributed by atoms with E-state index in [1.807, 2.05) is 6.92 Å². The van der Waals surface area contributed by atoms with Crippen LogP contribution in [-0.4, -0.2) is 37.9 Å². The van der Waals surface area contributed by atoms with Gasteiger partial charge in [0.05, 0.1) is 17.7 Å². The van der Waals surface area contributed by atoms with Gasteiger partial charge >= 0.3 is 5.97 Å². The van der Waals surface area contributed by atoms with Crippen LogP contribution in [0.25, 0.3) is 0 Å². The van der Waals surface area contributed by atoms with Gasteiger partial charge in [0.1, 0.15) is 11.6 Å². The van der Waals surface area contributed by atoms with Crippen LogP contribution >= 0.6 is 0 Å². The van der Waals surface area contributed by atoms with Crippen LogP contribution in [0.2, 0.25) is 0 Å². The first-order valence-electron chi connectivity index (χ1n) is 8.62. The van der Waals surface area contributed by atoms with E-state index in [0.29, 0.717) is 17.9 Å². The van der Waals surface area contributed by atoms with Crippen molar-refractivity contribution < 1.29 is 22.7 Å². The first kappa shape index (κ1) is 18.9. The summed E-state index contributed by atoms with van der Waals surface area (Å²) in [6.07, 6.45) is 1.75. The highest BCUT2D eigenvalue weighted by Gasteiger charge is 2.40. The van der Waals surface area contributed by atoms with Gasteiger partial charge in [-0.25, -0.2) is 17.5 Å². The number of nitrogens with one attached hydrogen (secondary N) is 1. The summed E-state index contributed by atoms with van der Waals surface area (Å²) in [5, 5.41) is 2.90. The molecule has 2 aromatic carbocycles. The molecule has 1 amide bonds. The summed E-state index contributed by atoms with van der Waals surface area (Å²) < 4.78 is 30.9. The fraction of sp³-hybridized carbons (Fsp3) is 0.263. The molecule has 0 unspecified atom stereocenters. The maximum atomic E-state index is 12.5. The Labute approximate surface area is 158 Å². The predicted molar refractivity (Wildman–Crippen MR) is 99.9 cm³/mol. The average molecular weight is 388 g/mol. The van der Waals surface area contributed by atoms with E-state index < -0.39 is 21.9 Å². The molecule has 0 fully saturated rings. The Morgan fingerprint density at radius 3 is 2.48 bits per heavy atom. The van der Waals surface area contributed by atoms with Crippen LogP contribution in [0.3, 0.4) is 0 Å². The quantitative estimate of drug-likeness (QED) is 0.579. The second kappa shape index (κ2) is 7.79. The maximum absolute atomic E-state index is 12.5. The smallest absolute Gasteiger partial charge is 0.338 e. The maximum Gasteiger partial charge on any atom is 0.338 e. The van der Waals surface area contributed by atoms with Crippen molar-refractivity contribution in [2.75, 3.05) is 18.6 Å². The molecular weight excluding hydrogens is 368 g/mol. The highest BCUT2D eigenvalue weighted by Crippen LogP contribution is 2.29. The Hall–Kier alpha value is -2.87. The van der Waals surface area contributed by atoms with Crippen LogP contribution in [0.4, 0.5) is 5.69 Å². The molecule has 0 atom stereocenters. The van der Waals surface area contributed by atoms with Crippen LogP contribution in [0.5, 0.6) is 0 Å². The van der Waals surface area contributed by atoms with Crippen LogP contribution in [-0.2, 0) is 14.8 Å². The molecule has 8 heteroatoms. The monoisotopic (exact) mass is 388 g/mol. The highest BCUT2D eigenvalue weighted by molar-refractivity contribution is 7.90. The number of ether oxygens (including phenoxy) is 1. The number of hydrogen-bond acceptors (Lipinski definition) is 6. The number of carbonyl (C=O) groups excluding carboxylic acids is 2. The normalized spacial score (nSPS) is 14.7. The lowest BCUT2D eigenvalue weighted by molar-refractivity contribution is 0.0499. The lowest BCUT2D eigenvalue weighted by Gasteiger charge is -2.16. The van der Waals surface area contributed by atoms with Crippen LogP contribution in [0, 0.1) is 0 Å². The van der Waals surface area contributed by atoms with Gasteiger partial charge in [0, 0.05) is 5.69 Å². The standard InChI is InChI=1S/C19H20N2O5S/c1-2-3-12-26-19(23)14-8-10-15(11-9-14)20-13-21-18(22)16-6-4-5-7-17(16)27(21,24)25/h4-11,20H,2-3,12-13H2,1H3. The summed E-state index contributed by atoms with van der Waals surface area (Å²) >= 11 is 0. The summed E-state index contributed by atoms with van der Waals surface area (Å²) in [6, 6.07) is 12.6. The van der Waals surface area contributed by atoms with E-state index in [4.69, 9.17) is 4.74 Å². The third-order valence-electron chi connectivity index (χ3n) is 4.19. The Morgan fingerprint density at radius 1 is 1.11 bits per heavy atom. The zero-order chi connectivity index (χ0) is 19.4. The minimum Gasteiger partial charge on any atom is -0.462 e. The third-order valence-corrected chi connectivity index (χ3v) is 5.98. The van der Waals surface area contributed by atoms with E-state index >= 15 is 0 Å². The van der Waals surface area contributed by atoms with Gasteiger partial charge in [0.15, 0.2) is 0 Å². The van der Waals surface area contributed by atoms with Crippen molar-refractivity contribution in [3.63, 3.8) is 0 Å². The number of unbranched alkanes of at least 4 members (excludes halogenated alkanes) is 1. The van der Waals surface area contributed by atoms with Gasteiger partial charge in [0.25, 0.3) is 15.9 Å². The Balaban J connectivity index is 1.64. The minimum atomic E-state index is -3.85. The Morgan fingerprint density at radius 2 is 1.81 bits per heavy atom. The van der Waals surface area contributed by atoms with Crippen LogP contribution < -0.4 is 5.32 Å². The number of fused-ring (bicyclic) bond motifs is 1. The summed E-state index contributed by atoms with van der Waals surface area (Å²) in [7, 11) is -3.85. The molecule has 0 spiro atoms. The fourth-order valence-electron chi connectivity index (χ4n) is 2.67. The van der Waals surface area contributed by atoms with Gasteiger partial charge in [-0.15, -0.1) is 0 Å². The SMILES string of the molecule is CCCCOC(=O)c1ccc(NCN2C(=O)c3ccccc3S2(=O)=O)cc1. The van der Waals surface area contributed by atoms with Gasteiger partial charge in [0.2, 0.25) is 0 Å². The van der Waals surface area contributed by atoms with E-state index in [9.17, 15) is 18.0 Å². The zero-order valence-electron chi connectivity index (χ0n) is 14.8.